The van der Waals surface area contributed by atoms with E-state index in [1.165, 1.54) is 31.3 Å². The average Bonchev–Trinajstić information content (AvgIpc) is 3.38. The number of hydrogen-bond acceptors (Lipinski definition) is 11. The molecule has 6 atom stereocenters. The summed E-state index contributed by atoms with van der Waals surface area (Å²) in [6.45, 7) is 2.64. The van der Waals surface area contributed by atoms with Gasteiger partial charge in [-0.05, 0) is 26.0 Å². The number of imidazole rings is 1. The molecule has 202 valence electrons. The molecule has 13 nitrogen and oxygen atoms in total. The number of halogens is 1. The van der Waals surface area contributed by atoms with Crippen LogP contribution in [0.5, 0.6) is 5.75 Å². The van der Waals surface area contributed by atoms with Crippen molar-refractivity contribution in [2.45, 2.75) is 44.0 Å². The molecule has 0 bridgehead atoms. The highest BCUT2D eigenvalue weighted by Gasteiger charge is 2.56. The zero-order valence-electron chi connectivity index (χ0n) is 20.6. The fourth-order valence-electron chi connectivity index (χ4n) is 3.89. The molecular weight excluding hydrogens is 510 g/mol. The van der Waals surface area contributed by atoms with Crippen LogP contribution in [0.2, 0.25) is 0 Å². The van der Waals surface area contributed by atoms with Crippen molar-refractivity contribution >= 4 is 24.7 Å². The Bertz CT molecular complexity index is 1230. The number of benzene rings is 1. The number of aliphatic hydroxyl groups excluding tert-OH is 1. The van der Waals surface area contributed by atoms with E-state index in [1.54, 1.807) is 37.3 Å². The van der Waals surface area contributed by atoms with Gasteiger partial charge in [-0.15, -0.1) is 0 Å². The molecule has 1 aliphatic heterocycles. The summed E-state index contributed by atoms with van der Waals surface area (Å²) < 4.78 is 58.0. The van der Waals surface area contributed by atoms with Crippen LogP contribution in [0.4, 0.5) is 10.2 Å². The fourth-order valence-corrected chi connectivity index (χ4v) is 5.43. The molecule has 3 heterocycles. The zero-order valence-corrected chi connectivity index (χ0v) is 21.5. The number of anilines is 1. The number of nitrogen functional groups attached to an aromatic ring is 1. The molecule has 0 spiro atoms. The lowest BCUT2D eigenvalue weighted by atomic mass is 9.98. The Hall–Kier alpha value is -2.71. The Morgan fingerprint density at radius 3 is 2.81 bits per heavy atom. The number of fused-ring (bicyclic) bond motifs is 1. The van der Waals surface area contributed by atoms with Crippen LogP contribution in [-0.4, -0.2) is 75.7 Å². The molecule has 0 aliphatic carbocycles. The topological polar surface area (TPSA) is 165 Å². The van der Waals surface area contributed by atoms with Gasteiger partial charge in [0.15, 0.2) is 23.4 Å². The van der Waals surface area contributed by atoms with Crippen molar-refractivity contribution < 1.29 is 37.3 Å². The molecule has 37 heavy (non-hydrogen) atoms. The number of para-hydroxylation sites is 1. The number of rotatable bonds is 12. The van der Waals surface area contributed by atoms with Crippen molar-refractivity contribution in [2.75, 3.05) is 32.9 Å². The van der Waals surface area contributed by atoms with E-state index in [1.807, 2.05) is 0 Å². The lowest BCUT2D eigenvalue weighted by Crippen LogP contribution is -2.41. The van der Waals surface area contributed by atoms with Gasteiger partial charge in [0.25, 0.3) is 0 Å². The Morgan fingerprint density at radius 1 is 1.32 bits per heavy atom. The SMILES string of the molecule is COCOC[C@H](C)NP(=O)(OC[C@H]1O[C@@H](n2cnc3c(N)ncnc32)[C@](C)(F)[C@@H]1O)Oc1ccccc1. The van der Waals surface area contributed by atoms with Crippen molar-refractivity contribution in [3.63, 3.8) is 0 Å². The molecule has 1 unspecified atom stereocenters. The fraction of sp³-hybridized carbons (Fsp3) is 0.500. The van der Waals surface area contributed by atoms with Gasteiger partial charge in [-0.1, -0.05) is 18.2 Å². The summed E-state index contributed by atoms with van der Waals surface area (Å²) >= 11 is 0. The largest absolute Gasteiger partial charge is 0.459 e. The highest BCUT2D eigenvalue weighted by Crippen LogP contribution is 2.48. The summed E-state index contributed by atoms with van der Waals surface area (Å²) in [7, 11) is -2.55. The maximum absolute atomic E-state index is 15.8. The van der Waals surface area contributed by atoms with Crippen LogP contribution < -0.4 is 15.3 Å². The first-order valence-electron chi connectivity index (χ1n) is 11.4. The molecule has 15 heteroatoms. The Morgan fingerprint density at radius 2 is 2.08 bits per heavy atom. The number of methoxy groups -OCH3 is 1. The number of ether oxygens (including phenoxy) is 3. The van der Waals surface area contributed by atoms with Crippen molar-refractivity contribution in [1.29, 1.82) is 0 Å². The van der Waals surface area contributed by atoms with E-state index in [2.05, 4.69) is 20.0 Å². The Kier molecular flexibility index (Phi) is 8.39. The lowest BCUT2D eigenvalue weighted by molar-refractivity contribution is -0.0551. The summed E-state index contributed by atoms with van der Waals surface area (Å²) in [4.78, 5) is 12.1. The first-order valence-corrected chi connectivity index (χ1v) is 13.0. The molecule has 1 saturated heterocycles. The molecule has 1 aliphatic rings. The first kappa shape index (κ1) is 27.3. The van der Waals surface area contributed by atoms with Gasteiger partial charge >= 0.3 is 7.75 Å². The van der Waals surface area contributed by atoms with E-state index in [-0.39, 0.29) is 36.1 Å². The Balaban J connectivity index is 1.51. The maximum Gasteiger partial charge on any atom is 0.459 e. The molecule has 4 rings (SSSR count). The normalized spacial score (nSPS) is 26.2. The number of hydrogen-bond donors (Lipinski definition) is 3. The molecule has 0 amide bonds. The summed E-state index contributed by atoms with van der Waals surface area (Å²) in [6.07, 6.45) is -1.63. The second-order valence-electron chi connectivity index (χ2n) is 8.71. The first-order chi connectivity index (χ1) is 17.6. The lowest BCUT2D eigenvalue weighted by Gasteiger charge is -2.25. The van der Waals surface area contributed by atoms with Crippen molar-refractivity contribution in [1.82, 2.24) is 24.6 Å². The van der Waals surface area contributed by atoms with Crippen LogP contribution in [0.25, 0.3) is 11.2 Å². The van der Waals surface area contributed by atoms with E-state index in [0.717, 1.165) is 0 Å². The number of nitrogens with one attached hydrogen (secondary N) is 1. The van der Waals surface area contributed by atoms with E-state index in [0.29, 0.717) is 0 Å². The minimum absolute atomic E-state index is 0.0504. The standard InChI is InChI=1S/C22H30FN6O7P/c1-14(9-33-13-32-3)28-37(31,36-15-7-5-4-6-8-15)34-10-16-18(30)22(2,23)21(35-16)29-12-27-17-19(24)25-11-26-20(17)29/h4-8,11-12,14,16,18,21,30H,9-10,13H2,1-3H3,(H,28,31)(H2,24,25,26)/t14-,16+,18+,21+,22+,37?/m0/s1. The van der Waals surface area contributed by atoms with Crippen LogP contribution in [0.15, 0.2) is 43.0 Å². The van der Waals surface area contributed by atoms with Crippen LogP contribution in [-0.2, 0) is 23.3 Å². The molecule has 3 aromatic rings. The number of nitrogens with two attached hydrogens (primary N) is 1. The van der Waals surface area contributed by atoms with E-state index >= 15 is 4.39 Å². The second kappa shape index (κ2) is 11.4. The summed E-state index contributed by atoms with van der Waals surface area (Å²) in [6, 6.07) is 7.93. The van der Waals surface area contributed by atoms with Crippen LogP contribution in [0.1, 0.15) is 20.1 Å². The van der Waals surface area contributed by atoms with Crippen molar-refractivity contribution in [3.8, 4) is 5.75 Å². The summed E-state index contributed by atoms with van der Waals surface area (Å²) in [5.74, 6) is 0.406. The molecule has 1 fully saturated rings. The van der Waals surface area contributed by atoms with Crippen LogP contribution >= 0.6 is 7.75 Å². The molecule has 2 aromatic heterocycles. The van der Waals surface area contributed by atoms with Crippen LogP contribution in [0.3, 0.4) is 0 Å². The van der Waals surface area contributed by atoms with Crippen molar-refractivity contribution in [3.05, 3.63) is 43.0 Å². The number of nitrogens with zero attached hydrogens (tertiary/aromatic N) is 4. The van der Waals surface area contributed by atoms with Gasteiger partial charge in [-0.2, -0.15) is 0 Å². The molecule has 4 N–H and O–H groups in total. The molecule has 1 aromatic carbocycles. The summed E-state index contributed by atoms with van der Waals surface area (Å²) in [5, 5.41) is 13.6. The van der Waals surface area contributed by atoms with E-state index in [4.69, 9.17) is 29.0 Å². The van der Waals surface area contributed by atoms with Gasteiger partial charge < -0.3 is 29.6 Å². The van der Waals surface area contributed by atoms with Crippen LogP contribution in [0, 0.1) is 0 Å². The highest BCUT2D eigenvalue weighted by molar-refractivity contribution is 7.52. The molecular formula is C22H30FN6O7P. The number of aliphatic hydroxyl groups is 1. The third-order valence-electron chi connectivity index (χ3n) is 5.68. The minimum atomic E-state index is -4.03. The Labute approximate surface area is 212 Å². The molecule has 0 saturated carbocycles. The minimum Gasteiger partial charge on any atom is -0.413 e. The van der Waals surface area contributed by atoms with Gasteiger partial charge in [0.05, 0.1) is 19.5 Å². The monoisotopic (exact) mass is 540 g/mol. The van der Waals surface area contributed by atoms with Gasteiger partial charge in [-0.3, -0.25) is 9.09 Å². The van der Waals surface area contributed by atoms with Gasteiger partial charge in [0.2, 0.25) is 0 Å². The van der Waals surface area contributed by atoms with Gasteiger partial charge in [-0.25, -0.2) is 29.0 Å². The third-order valence-corrected chi connectivity index (χ3v) is 7.38. The van der Waals surface area contributed by atoms with Gasteiger partial charge in [0, 0.05) is 13.2 Å². The zero-order chi connectivity index (χ0) is 26.6. The summed E-state index contributed by atoms with van der Waals surface area (Å²) in [5.41, 5.74) is 4.06. The predicted molar refractivity (Wildman–Crippen MR) is 130 cm³/mol. The molecule has 0 radical (unpaired) electrons. The third kappa shape index (κ3) is 6.07. The number of aromatic nitrogens is 4. The second-order valence-corrected chi connectivity index (χ2v) is 10.4. The van der Waals surface area contributed by atoms with Gasteiger partial charge in [0.1, 0.15) is 36.6 Å². The maximum atomic E-state index is 15.8. The quantitative estimate of drug-likeness (QED) is 0.174. The van der Waals surface area contributed by atoms with Crippen molar-refractivity contribution in [2.24, 2.45) is 0 Å². The van der Waals surface area contributed by atoms with E-state index in [9.17, 15) is 9.67 Å². The average molecular weight is 540 g/mol. The highest BCUT2D eigenvalue weighted by atomic mass is 31.2. The van der Waals surface area contributed by atoms with E-state index < -0.39 is 44.5 Å². The smallest absolute Gasteiger partial charge is 0.413 e. The number of alkyl halides is 1. The predicted octanol–water partition coefficient (Wildman–Crippen LogP) is 2.20.